The maximum Gasteiger partial charge on any atom is 0.264 e. The van der Waals surface area contributed by atoms with Crippen molar-refractivity contribution in [3.63, 3.8) is 0 Å². The van der Waals surface area contributed by atoms with E-state index in [1.165, 1.54) is 10.4 Å². The van der Waals surface area contributed by atoms with E-state index in [-0.39, 0.29) is 23.3 Å². The first-order valence-corrected chi connectivity index (χ1v) is 10.0. The molecule has 1 aliphatic heterocycles. The molecular weight excluding hydrogens is 407 g/mol. The largest absolute Gasteiger partial charge is 0.454 e. The number of fused-ring (bicyclic) bond motifs is 1. The molecule has 1 aromatic heterocycles. The highest BCUT2D eigenvalue weighted by Crippen LogP contribution is 2.37. The van der Waals surface area contributed by atoms with Crippen LogP contribution >= 0.6 is 11.6 Å². The number of nitrogens with zero attached hydrogens (tertiary/aromatic N) is 2. The second kappa shape index (κ2) is 7.29. The van der Waals surface area contributed by atoms with E-state index >= 15 is 0 Å². The van der Waals surface area contributed by atoms with Crippen LogP contribution < -0.4 is 13.8 Å². The summed E-state index contributed by atoms with van der Waals surface area (Å²) in [6, 6.07) is 11.6. The number of halogens is 2. The van der Waals surface area contributed by atoms with Crippen LogP contribution in [-0.4, -0.2) is 20.2 Å². The molecule has 0 spiro atoms. The molecule has 0 saturated heterocycles. The summed E-state index contributed by atoms with van der Waals surface area (Å²) in [5, 5.41) is -0.270. The molecule has 2 heterocycles. The molecule has 2 aromatic carbocycles. The van der Waals surface area contributed by atoms with Crippen molar-refractivity contribution in [2.75, 3.05) is 11.1 Å². The standard InChI is InChI=1S/C19H14ClFN2O4S/c20-16-9-15(4-5-17(16)21)28(24,25)23(11-13-2-1-7-22-10-13)14-3-6-18-19(8-14)27-12-26-18/h1-10H,11-12H2. The Labute approximate surface area is 166 Å². The number of aromatic nitrogens is 1. The molecule has 0 bridgehead atoms. The van der Waals surface area contributed by atoms with Crippen molar-refractivity contribution >= 4 is 27.3 Å². The van der Waals surface area contributed by atoms with Gasteiger partial charge in [0.25, 0.3) is 10.0 Å². The third-order valence-corrected chi connectivity index (χ3v) is 6.23. The smallest absolute Gasteiger partial charge is 0.264 e. The Bertz CT molecular complexity index is 1130. The predicted octanol–water partition coefficient (Wildman–Crippen LogP) is 4.00. The topological polar surface area (TPSA) is 68.7 Å². The van der Waals surface area contributed by atoms with Crippen molar-refractivity contribution in [2.45, 2.75) is 11.4 Å². The van der Waals surface area contributed by atoms with Gasteiger partial charge >= 0.3 is 0 Å². The van der Waals surface area contributed by atoms with Gasteiger partial charge in [-0.15, -0.1) is 0 Å². The Morgan fingerprint density at radius 1 is 1.11 bits per heavy atom. The summed E-state index contributed by atoms with van der Waals surface area (Å²) in [6.07, 6.45) is 3.18. The SMILES string of the molecule is O=S(=O)(c1ccc(F)c(Cl)c1)N(Cc1cccnc1)c1ccc2c(c1)OCO2. The van der Waals surface area contributed by atoms with Gasteiger partial charge in [-0.3, -0.25) is 9.29 Å². The maximum atomic E-state index is 13.5. The van der Waals surface area contributed by atoms with Gasteiger partial charge in [0.15, 0.2) is 11.5 Å². The molecule has 3 aromatic rings. The van der Waals surface area contributed by atoms with E-state index in [1.54, 1.807) is 42.7 Å². The molecule has 0 N–H and O–H groups in total. The third-order valence-electron chi connectivity index (χ3n) is 4.17. The average molecular weight is 421 g/mol. The van der Waals surface area contributed by atoms with E-state index in [0.717, 1.165) is 12.1 Å². The monoisotopic (exact) mass is 420 g/mol. The fourth-order valence-corrected chi connectivity index (χ4v) is 4.49. The minimum absolute atomic E-state index is 0.0187. The molecule has 0 unspecified atom stereocenters. The zero-order valence-electron chi connectivity index (χ0n) is 14.4. The van der Waals surface area contributed by atoms with Crippen LogP contribution in [0.25, 0.3) is 0 Å². The Morgan fingerprint density at radius 3 is 2.68 bits per heavy atom. The fraction of sp³-hybridized carbons (Fsp3) is 0.105. The fourth-order valence-electron chi connectivity index (χ4n) is 2.78. The molecule has 0 fully saturated rings. The maximum absolute atomic E-state index is 13.5. The van der Waals surface area contributed by atoms with Crippen LogP contribution in [0.4, 0.5) is 10.1 Å². The second-order valence-electron chi connectivity index (χ2n) is 5.99. The molecular formula is C19H14ClFN2O4S. The van der Waals surface area contributed by atoms with Crippen molar-refractivity contribution in [3.05, 3.63) is 77.3 Å². The van der Waals surface area contributed by atoms with Crippen LogP contribution in [0.1, 0.15) is 5.56 Å². The molecule has 144 valence electrons. The van der Waals surface area contributed by atoms with Gasteiger partial charge in [-0.1, -0.05) is 17.7 Å². The average Bonchev–Trinajstić information content (AvgIpc) is 3.16. The summed E-state index contributed by atoms with van der Waals surface area (Å²) in [5.41, 5.74) is 1.05. The van der Waals surface area contributed by atoms with Crippen LogP contribution in [0.5, 0.6) is 11.5 Å². The number of anilines is 1. The van der Waals surface area contributed by atoms with Crippen molar-refractivity contribution in [1.82, 2.24) is 4.98 Å². The molecule has 4 rings (SSSR count). The van der Waals surface area contributed by atoms with Crippen LogP contribution in [-0.2, 0) is 16.6 Å². The molecule has 9 heteroatoms. The molecule has 0 saturated carbocycles. The first-order valence-electron chi connectivity index (χ1n) is 8.21. The summed E-state index contributed by atoms with van der Waals surface area (Å²) in [7, 11) is -4.05. The lowest BCUT2D eigenvalue weighted by Gasteiger charge is -2.25. The van der Waals surface area contributed by atoms with Crippen molar-refractivity contribution in [1.29, 1.82) is 0 Å². The predicted molar refractivity (Wildman–Crippen MR) is 102 cm³/mol. The van der Waals surface area contributed by atoms with Gasteiger partial charge in [0.05, 0.1) is 22.2 Å². The summed E-state index contributed by atoms with van der Waals surface area (Å²) in [6.45, 7) is 0.0898. The van der Waals surface area contributed by atoms with Gasteiger partial charge in [-0.25, -0.2) is 12.8 Å². The van der Waals surface area contributed by atoms with E-state index in [4.69, 9.17) is 21.1 Å². The van der Waals surface area contributed by atoms with Crippen LogP contribution in [0, 0.1) is 5.82 Å². The minimum atomic E-state index is -4.05. The third kappa shape index (κ3) is 3.48. The number of pyridine rings is 1. The number of hydrogen-bond donors (Lipinski definition) is 0. The number of benzene rings is 2. The molecule has 0 aliphatic carbocycles. The van der Waals surface area contributed by atoms with Gasteiger partial charge in [0.1, 0.15) is 5.82 Å². The molecule has 28 heavy (non-hydrogen) atoms. The van der Waals surface area contributed by atoms with Crippen LogP contribution in [0.2, 0.25) is 5.02 Å². The summed E-state index contributed by atoms with van der Waals surface area (Å²) < 4.78 is 52.1. The Morgan fingerprint density at radius 2 is 1.93 bits per heavy atom. The number of ether oxygens (including phenoxy) is 2. The van der Waals surface area contributed by atoms with E-state index in [9.17, 15) is 12.8 Å². The first kappa shape index (κ1) is 18.5. The minimum Gasteiger partial charge on any atom is -0.454 e. The lowest BCUT2D eigenvalue weighted by molar-refractivity contribution is 0.174. The second-order valence-corrected chi connectivity index (χ2v) is 8.26. The molecule has 6 nitrogen and oxygen atoms in total. The van der Waals surface area contributed by atoms with Gasteiger partial charge in [-0.05, 0) is 42.0 Å². The van der Waals surface area contributed by atoms with Gasteiger partial charge in [0.2, 0.25) is 6.79 Å². The van der Waals surface area contributed by atoms with Crippen molar-refractivity contribution < 1.29 is 22.3 Å². The number of sulfonamides is 1. The van der Waals surface area contributed by atoms with Gasteiger partial charge in [-0.2, -0.15) is 0 Å². The summed E-state index contributed by atoms with van der Waals surface area (Å²) in [4.78, 5) is 3.91. The van der Waals surface area contributed by atoms with Crippen LogP contribution in [0.3, 0.4) is 0 Å². The van der Waals surface area contributed by atoms with E-state index in [1.807, 2.05) is 0 Å². The molecule has 0 amide bonds. The zero-order valence-corrected chi connectivity index (χ0v) is 16.0. The van der Waals surface area contributed by atoms with E-state index in [2.05, 4.69) is 4.98 Å². The lowest BCUT2D eigenvalue weighted by atomic mass is 10.2. The molecule has 1 aliphatic rings. The highest BCUT2D eigenvalue weighted by atomic mass is 35.5. The Kier molecular flexibility index (Phi) is 4.82. The number of hydrogen-bond acceptors (Lipinski definition) is 5. The van der Waals surface area contributed by atoms with Crippen molar-refractivity contribution in [2.24, 2.45) is 0 Å². The normalized spacial score (nSPS) is 12.8. The zero-order chi connectivity index (χ0) is 19.7. The van der Waals surface area contributed by atoms with E-state index < -0.39 is 15.8 Å². The Balaban J connectivity index is 1.81. The van der Waals surface area contributed by atoms with Gasteiger partial charge < -0.3 is 9.47 Å². The summed E-state index contributed by atoms with van der Waals surface area (Å²) >= 11 is 5.80. The Hall–Kier alpha value is -2.84. The lowest BCUT2D eigenvalue weighted by Crippen LogP contribution is -2.30. The molecule has 0 radical (unpaired) electrons. The number of rotatable bonds is 5. The first-order chi connectivity index (χ1) is 13.4. The molecule has 0 atom stereocenters. The van der Waals surface area contributed by atoms with Crippen LogP contribution in [0.15, 0.2) is 65.8 Å². The summed E-state index contributed by atoms with van der Waals surface area (Å²) in [5.74, 6) is 0.288. The highest BCUT2D eigenvalue weighted by molar-refractivity contribution is 7.92. The van der Waals surface area contributed by atoms with Crippen molar-refractivity contribution in [3.8, 4) is 11.5 Å². The van der Waals surface area contributed by atoms with Gasteiger partial charge in [0, 0.05) is 18.5 Å². The highest BCUT2D eigenvalue weighted by Gasteiger charge is 2.28. The van der Waals surface area contributed by atoms with E-state index in [0.29, 0.717) is 22.7 Å². The quantitative estimate of drug-likeness (QED) is 0.624.